The zero-order valence-corrected chi connectivity index (χ0v) is 17.5. The number of hydrogen-bond acceptors (Lipinski definition) is 2. The van der Waals surface area contributed by atoms with Crippen LogP contribution in [0, 0.1) is 0 Å². The summed E-state index contributed by atoms with van der Waals surface area (Å²) in [4.78, 5) is 13.1. The minimum absolute atomic E-state index is 0.0669. The fourth-order valence-electron chi connectivity index (χ4n) is 4.16. The van der Waals surface area contributed by atoms with Crippen LogP contribution in [0.3, 0.4) is 0 Å². The van der Waals surface area contributed by atoms with Crippen LogP contribution in [0.15, 0.2) is 103 Å². The number of anilines is 1. The number of nitrogens with zero attached hydrogens (tertiary/aromatic N) is 1. The van der Waals surface area contributed by atoms with E-state index in [-0.39, 0.29) is 17.9 Å². The Kier molecular flexibility index (Phi) is 5.10. The molecule has 4 aromatic carbocycles. The standard InChI is InChI=1S/C26H21N3OS/c30-25-23(19-10-3-1-4-11-19)24(20-12-5-2-6-13-20)29(28-25)26(31)27-22-16-15-18-9-7-8-14-21(18)17-22/h1-17,23-24H,(H,27,31)(H,28,30). The van der Waals surface area contributed by atoms with Gasteiger partial charge in [0.15, 0.2) is 5.11 Å². The molecule has 1 saturated heterocycles. The average Bonchev–Trinajstić information content (AvgIpc) is 3.17. The first kappa shape index (κ1) is 19.3. The van der Waals surface area contributed by atoms with Gasteiger partial charge in [-0.3, -0.25) is 15.2 Å². The van der Waals surface area contributed by atoms with E-state index >= 15 is 0 Å². The van der Waals surface area contributed by atoms with Gasteiger partial charge in [0.1, 0.15) is 0 Å². The summed E-state index contributed by atoms with van der Waals surface area (Å²) in [6.07, 6.45) is 0. The van der Waals surface area contributed by atoms with Gasteiger partial charge in [-0.2, -0.15) is 0 Å². The van der Waals surface area contributed by atoms with E-state index < -0.39 is 0 Å². The Labute approximate surface area is 186 Å². The molecule has 1 aliphatic heterocycles. The number of benzene rings is 4. The first-order chi connectivity index (χ1) is 15.2. The molecule has 5 heteroatoms. The van der Waals surface area contributed by atoms with Gasteiger partial charge in [-0.05, 0) is 46.2 Å². The molecule has 2 N–H and O–H groups in total. The summed E-state index contributed by atoms with van der Waals surface area (Å²) in [5, 5.41) is 7.84. The second kappa shape index (κ2) is 8.20. The van der Waals surface area contributed by atoms with Crippen molar-refractivity contribution in [2.24, 2.45) is 0 Å². The number of carbonyl (C=O) groups excluding carboxylic acids is 1. The molecule has 0 bridgehead atoms. The molecule has 0 aromatic heterocycles. The molecule has 1 heterocycles. The minimum atomic E-state index is -0.361. The van der Waals surface area contributed by atoms with Gasteiger partial charge in [0.25, 0.3) is 0 Å². The van der Waals surface area contributed by atoms with E-state index in [1.165, 1.54) is 5.39 Å². The summed E-state index contributed by atoms with van der Waals surface area (Å²) >= 11 is 5.75. The quantitative estimate of drug-likeness (QED) is 0.433. The van der Waals surface area contributed by atoms with Crippen molar-refractivity contribution in [3.8, 4) is 0 Å². The van der Waals surface area contributed by atoms with Gasteiger partial charge in [-0.15, -0.1) is 0 Å². The molecule has 5 rings (SSSR count). The van der Waals surface area contributed by atoms with Gasteiger partial charge in [0.2, 0.25) is 5.91 Å². The lowest BCUT2D eigenvalue weighted by molar-refractivity contribution is -0.121. The summed E-state index contributed by atoms with van der Waals surface area (Å²) in [5.41, 5.74) is 5.87. The maximum atomic E-state index is 13.1. The lowest BCUT2D eigenvalue weighted by atomic mass is 9.87. The number of rotatable bonds is 3. The zero-order chi connectivity index (χ0) is 21.2. The molecule has 1 fully saturated rings. The number of nitrogens with one attached hydrogen (secondary N) is 2. The number of hydrazine groups is 1. The Morgan fingerprint density at radius 2 is 1.39 bits per heavy atom. The van der Waals surface area contributed by atoms with E-state index in [1.807, 2.05) is 78.9 Å². The fraction of sp³-hybridized carbons (Fsp3) is 0.0769. The maximum Gasteiger partial charge on any atom is 0.248 e. The second-order valence-electron chi connectivity index (χ2n) is 7.58. The molecule has 2 atom stereocenters. The summed E-state index contributed by atoms with van der Waals surface area (Å²) < 4.78 is 0. The van der Waals surface area contributed by atoms with E-state index in [2.05, 4.69) is 35.0 Å². The second-order valence-corrected chi connectivity index (χ2v) is 7.97. The van der Waals surface area contributed by atoms with Crippen LogP contribution < -0.4 is 10.7 Å². The van der Waals surface area contributed by atoms with Crippen molar-refractivity contribution >= 4 is 39.7 Å². The monoisotopic (exact) mass is 423 g/mol. The van der Waals surface area contributed by atoms with Crippen LogP contribution in [0.1, 0.15) is 23.1 Å². The van der Waals surface area contributed by atoms with Crippen molar-refractivity contribution in [2.45, 2.75) is 12.0 Å². The molecule has 0 aliphatic carbocycles. The van der Waals surface area contributed by atoms with E-state index in [9.17, 15) is 4.79 Å². The van der Waals surface area contributed by atoms with Crippen molar-refractivity contribution in [3.63, 3.8) is 0 Å². The Balaban J connectivity index is 1.48. The average molecular weight is 424 g/mol. The summed E-state index contributed by atoms with van der Waals surface area (Å²) in [5.74, 6) is -0.428. The maximum absolute atomic E-state index is 13.1. The number of carbonyl (C=O) groups is 1. The SMILES string of the molecule is O=C1NN(C(=S)Nc2ccc3ccccc3c2)C(c2ccccc2)C1c1ccccc1. The molecule has 31 heavy (non-hydrogen) atoms. The molecular formula is C26H21N3OS. The summed E-state index contributed by atoms with van der Waals surface area (Å²) in [6.45, 7) is 0. The topological polar surface area (TPSA) is 44.4 Å². The fourth-order valence-corrected chi connectivity index (χ4v) is 4.44. The summed E-state index contributed by atoms with van der Waals surface area (Å²) in [6, 6.07) is 33.9. The third-order valence-electron chi connectivity index (χ3n) is 5.63. The third-order valence-corrected chi connectivity index (χ3v) is 5.93. The lowest BCUT2D eigenvalue weighted by Gasteiger charge is -2.29. The van der Waals surface area contributed by atoms with Crippen molar-refractivity contribution in [1.29, 1.82) is 0 Å². The molecule has 0 spiro atoms. The van der Waals surface area contributed by atoms with Crippen LogP contribution in [0.4, 0.5) is 5.69 Å². The molecule has 4 aromatic rings. The van der Waals surface area contributed by atoms with Gasteiger partial charge in [-0.1, -0.05) is 91.0 Å². The lowest BCUT2D eigenvalue weighted by Crippen LogP contribution is -2.42. The predicted octanol–water partition coefficient (Wildman–Crippen LogP) is 5.41. The minimum Gasteiger partial charge on any atom is -0.331 e. The Morgan fingerprint density at radius 3 is 2.10 bits per heavy atom. The van der Waals surface area contributed by atoms with Crippen molar-refractivity contribution in [1.82, 2.24) is 10.4 Å². The Hall–Kier alpha value is -3.70. The molecule has 4 nitrogen and oxygen atoms in total. The highest BCUT2D eigenvalue weighted by Gasteiger charge is 2.44. The van der Waals surface area contributed by atoms with Crippen LogP contribution >= 0.6 is 12.2 Å². The zero-order valence-electron chi connectivity index (χ0n) is 16.7. The van der Waals surface area contributed by atoms with Crippen LogP contribution in [-0.4, -0.2) is 16.0 Å². The summed E-state index contributed by atoms with van der Waals surface area (Å²) in [7, 11) is 0. The number of fused-ring (bicyclic) bond motifs is 1. The Morgan fingerprint density at radius 1 is 0.774 bits per heavy atom. The van der Waals surface area contributed by atoms with Gasteiger partial charge in [0.05, 0.1) is 12.0 Å². The van der Waals surface area contributed by atoms with Crippen LogP contribution in [0.2, 0.25) is 0 Å². The first-order valence-corrected chi connectivity index (χ1v) is 10.6. The van der Waals surface area contributed by atoms with E-state index in [0.717, 1.165) is 22.2 Å². The molecule has 1 aliphatic rings. The molecule has 0 saturated carbocycles. The van der Waals surface area contributed by atoms with E-state index in [0.29, 0.717) is 5.11 Å². The van der Waals surface area contributed by atoms with Crippen molar-refractivity contribution in [2.75, 3.05) is 5.32 Å². The molecular weight excluding hydrogens is 402 g/mol. The molecule has 2 unspecified atom stereocenters. The van der Waals surface area contributed by atoms with Crippen LogP contribution in [-0.2, 0) is 4.79 Å². The third kappa shape index (κ3) is 3.76. The van der Waals surface area contributed by atoms with Crippen LogP contribution in [0.25, 0.3) is 10.8 Å². The highest BCUT2D eigenvalue weighted by Crippen LogP contribution is 2.40. The highest BCUT2D eigenvalue weighted by atomic mass is 32.1. The highest BCUT2D eigenvalue weighted by molar-refractivity contribution is 7.80. The molecule has 1 amide bonds. The number of amides is 1. The van der Waals surface area contributed by atoms with Crippen LogP contribution in [0.5, 0.6) is 0 Å². The first-order valence-electron chi connectivity index (χ1n) is 10.2. The van der Waals surface area contributed by atoms with Gasteiger partial charge in [0, 0.05) is 5.69 Å². The Bertz CT molecular complexity index is 1240. The number of thiocarbonyl (C=S) groups is 1. The molecule has 0 radical (unpaired) electrons. The van der Waals surface area contributed by atoms with Gasteiger partial charge < -0.3 is 5.32 Å². The van der Waals surface area contributed by atoms with Crippen molar-refractivity contribution < 1.29 is 4.79 Å². The largest absolute Gasteiger partial charge is 0.331 e. The van der Waals surface area contributed by atoms with Gasteiger partial charge in [-0.25, -0.2) is 0 Å². The van der Waals surface area contributed by atoms with E-state index in [1.54, 1.807) is 5.01 Å². The number of hydrogen-bond donors (Lipinski definition) is 2. The smallest absolute Gasteiger partial charge is 0.248 e. The predicted molar refractivity (Wildman–Crippen MR) is 129 cm³/mol. The van der Waals surface area contributed by atoms with E-state index in [4.69, 9.17) is 12.2 Å². The van der Waals surface area contributed by atoms with Crippen molar-refractivity contribution in [3.05, 3.63) is 114 Å². The molecule has 152 valence electrons. The van der Waals surface area contributed by atoms with Gasteiger partial charge >= 0.3 is 0 Å². The normalized spacial score (nSPS) is 18.1.